The van der Waals surface area contributed by atoms with E-state index >= 15 is 0 Å². The number of carbonyl (C=O) groups is 1. The number of fused-ring (bicyclic) bond motifs is 1. The summed E-state index contributed by atoms with van der Waals surface area (Å²) < 4.78 is 22.4. The number of benzene rings is 2. The van der Waals surface area contributed by atoms with Crippen molar-refractivity contribution in [3.63, 3.8) is 0 Å². The molecule has 2 aromatic rings. The maximum atomic E-state index is 13.0. The lowest BCUT2D eigenvalue weighted by atomic mass is 9.97. The lowest BCUT2D eigenvalue weighted by Gasteiger charge is -2.14. The summed E-state index contributed by atoms with van der Waals surface area (Å²) in [6.45, 7) is 4.81. The molecule has 0 aromatic heterocycles. The molecule has 5 nitrogen and oxygen atoms in total. The predicted octanol–water partition coefficient (Wildman–Crippen LogP) is 4.46. The molecule has 0 N–H and O–H groups in total. The minimum absolute atomic E-state index is 0.0157. The van der Waals surface area contributed by atoms with Crippen LogP contribution in [0.25, 0.3) is 6.08 Å². The molecule has 27 heavy (non-hydrogen) atoms. The highest BCUT2D eigenvalue weighted by Crippen LogP contribution is 2.39. The van der Waals surface area contributed by atoms with E-state index in [0.29, 0.717) is 53.8 Å². The maximum Gasteiger partial charge on any atom is 0.203 e. The molecule has 0 bridgehead atoms. The molecule has 3 rings (SSSR count). The number of ketones is 1. The fourth-order valence-electron chi connectivity index (χ4n) is 3.18. The molecule has 0 saturated carbocycles. The van der Waals surface area contributed by atoms with Gasteiger partial charge in [-0.25, -0.2) is 0 Å². The summed E-state index contributed by atoms with van der Waals surface area (Å²) in [5.41, 5.74) is 3.06. The fourth-order valence-corrected chi connectivity index (χ4v) is 3.18. The monoisotopic (exact) mass is 368 g/mol. The number of para-hydroxylation sites is 1. The average Bonchev–Trinajstić information content (AvgIpc) is 2.83. The molecular weight excluding hydrogens is 344 g/mol. The molecule has 1 aliphatic heterocycles. The van der Waals surface area contributed by atoms with E-state index in [4.69, 9.17) is 18.9 Å². The number of rotatable bonds is 5. The minimum Gasteiger partial charge on any atom is -0.493 e. The Morgan fingerprint density at radius 3 is 2.48 bits per heavy atom. The van der Waals surface area contributed by atoms with E-state index < -0.39 is 0 Å². The van der Waals surface area contributed by atoms with Crippen molar-refractivity contribution in [2.75, 3.05) is 27.4 Å². The summed E-state index contributed by atoms with van der Waals surface area (Å²) in [5, 5.41) is 0. The van der Waals surface area contributed by atoms with E-state index in [1.54, 1.807) is 14.2 Å². The lowest BCUT2D eigenvalue weighted by Crippen LogP contribution is -2.03. The zero-order chi connectivity index (χ0) is 19.4. The van der Waals surface area contributed by atoms with Crippen molar-refractivity contribution < 1.29 is 23.7 Å². The van der Waals surface area contributed by atoms with E-state index in [-0.39, 0.29) is 5.78 Å². The largest absolute Gasteiger partial charge is 0.493 e. The molecule has 0 amide bonds. The van der Waals surface area contributed by atoms with Crippen LogP contribution in [0.2, 0.25) is 0 Å². The first-order valence-corrected chi connectivity index (χ1v) is 8.95. The van der Waals surface area contributed by atoms with Gasteiger partial charge in [0, 0.05) is 12.0 Å². The third kappa shape index (κ3) is 3.77. The highest BCUT2D eigenvalue weighted by atomic mass is 16.5. The molecule has 5 heteroatoms. The second kappa shape index (κ2) is 8.16. The molecule has 1 aliphatic rings. The first kappa shape index (κ1) is 18.8. The number of Topliss-reactive ketones (excluding diaryl/α,β-unsaturated/α-hetero) is 1. The average molecular weight is 368 g/mol. The smallest absolute Gasteiger partial charge is 0.203 e. The zero-order valence-corrected chi connectivity index (χ0v) is 16.1. The molecule has 0 atom stereocenters. The second-order valence-electron chi connectivity index (χ2n) is 6.24. The topological polar surface area (TPSA) is 54.0 Å². The molecule has 0 aliphatic carbocycles. The van der Waals surface area contributed by atoms with E-state index in [2.05, 4.69) is 0 Å². The Hall–Kier alpha value is -2.95. The Kier molecular flexibility index (Phi) is 5.69. The minimum atomic E-state index is -0.0157. The Morgan fingerprint density at radius 2 is 1.85 bits per heavy atom. The van der Waals surface area contributed by atoms with Crippen molar-refractivity contribution in [1.82, 2.24) is 0 Å². The van der Waals surface area contributed by atoms with Gasteiger partial charge in [0.25, 0.3) is 0 Å². The summed E-state index contributed by atoms with van der Waals surface area (Å²) in [6.07, 6.45) is 2.40. The Labute approximate surface area is 159 Å². The van der Waals surface area contributed by atoms with Gasteiger partial charge in [0.1, 0.15) is 5.75 Å². The molecule has 0 unspecified atom stereocenters. The van der Waals surface area contributed by atoms with Crippen LogP contribution in [0.1, 0.15) is 34.8 Å². The van der Waals surface area contributed by atoms with E-state index in [0.717, 1.165) is 11.1 Å². The van der Waals surface area contributed by atoms with Gasteiger partial charge in [-0.1, -0.05) is 12.1 Å². The van der Waals surface area contributed by atoms with Crippen LogP contribution < -0.4 is 18.9 Å². The molecule has 2 aromatic carbocycles. The predicted molar refractivity (Wildman–Crippen MR) is 104 cm³/mol. The fraction of sp³-hybridized carbons (Fsp3) is 0.318. The number of methoxy groups -OCH3 is 2. The maximum absolute atomic E-state index is 13.0. The standard InChI is InChI=1S/C22H24O5/c1-5-26-22-18(24-3)12-15(13-19(22)25-4)11-16-9-10-27-21-14(2)7-6-8-17(21)20(16)23/h6-8,11-13H,5,9-10H2,1-4H3/b16-11+. The molecule has 0 saturated heterocycles. The van der Waals surface area contributed by atoms with Crippen molar-refractivity contribution >= 4 is 11.9 Å². The number of carbonyl (C=O) groups excluding carboxylic acids is 1. The van der Waals surface area contributed by atoms with E-state index in [1.165, 1.54) is 0 Å². The van der Waals surface area contributed by atoms with Crippen molar-refractivity contribution in [2.24, 2.45) is 0 Å². The van der Waals surface area contributed by atoms with Gasteiger partial charge in [-0.05, 0) is 49.2 Å². The van der Waals surface area contributed by atoms with Crippen molar-refractivity contribution in [3.8, 4) is 23.0 Å². The molecule has 142 valence electrons. The molecule has 0 radical (unpaired) electrons. The van der Waals surface area contributed by atoms with Gasteiger partial charge in [0.05, 0.1) is 33.0 Å². The van der Waals surface area contributed by atoms with Crippen LogP contribution in [-0.2, 0) is 0 Å². The number of hydrogen-bond donors (Lipinski definition) is 0. The molecule has 1 heterocycles. The normalized spacial score (nSPS) is 15.0. The summed E-state index contributed by atoms with van der Waals surface area (Å²) in [6, 6.07) is 9.32. The van der Waals surface area contributed by atoms with E-state index in [9.17, 15) is 4.79 Å². The van der Waals surface area contributed by atoms with Gasteiger partial charge in [0.2, 0.25) is 5.75 Å². The Morgan fingerprint density at radius 1 is 1.15 bits per heavy atom. The molecule has 0 spiro atoms. The third-order valence-electron chi connectivity index (χ3n) is 4.48. The van der Waals surface area contributed by atoms with Crippen LogP contribution >= 0.6 is 0 Å². The third-order valence-corrected chi connectivity index (χ3v) is 4.48. The van der Waals surface area contributed by atoms with Gasteiger partial charge in [-0.15, -0.1) is 0 Å². The van der Waals surface area contributed by atoms with Crippen LogP contribution in [0, 0.1) is 6.92 Å². The first-order chi connectivity index (χ1) is 13.1. The van der Waals surface area contributed by atoms with Crippen LogP contribution in [0.3, 0.4) is 0 Å². The van der Waals surface area contributed by atoms with Gasteiger partial charge < -0.3 is 18.9 Å². The molecule has 0 fully saturated rings. The van der Waals surface area contributed by atoms with Gasteiger partial charge >= 0.3 is 0 Å². The van der Waals surface area contributed by atoms with Crippen molar-refractivity contribution in [3.05, 3.63) is 52.6 Å². The van der Waals surface area contributed by atoms with Gasteiger partial charge in [0.15, 0.2) is 17.3 Å². The molecular formula is C22H24O5. The quantitative estimate of drug-likeness (QED) is 0.730. The van der Waals surface area contributed by atoms with Crippen molar-refractivity contribution in [1.29, 1.82) is 0 Å². The number of hydrogen-bond acceptors (Lipinski definition) is 5. The number of aryl methyl sites for hydroxylation is 1. The summed E-state index contributed by atoms with van der Waals surface area (Å²) >= 11 is 0. The summed E-state index contributed by atoms with van der Waals surface area (Å²) in [5.74, 6) is 2.35. The van der Waals surface area contributed by atoms with Gasteiger partial charge in [-0.2, -0.15) is 0 Å². The summed E-state index contributed by atoms with van der Waals surface area (Å²) in [7, 11) is 3.16. The highest BCUT2D eigenvalue weighted by Gasteiger charge is 2.23. The lowest BCUT2D eigenvalue weighted by molar-refractivity contribution is 0.103. The van der Waals surface area contributed by atoms with Crippen LogP contribution in [0.15, 0.2) is 35.9 Å². The summed E-state index contributed by atoms with van der Waals surface area (Å²) in [4.78, 5) is 13.0. The first-order valence-electron chi connectivity index (χ1n) is 8.95. The van der Waals surface area contributed by atoms with Gasteiger partial charge in [-0.3, -0.25) is 4.79 Å². The Balaban J connectivity index is 2.04. The van der Waals surface area contributed by atoms with Crippen LogP contribution in [0.4, 0.5) is 0 Å². The van der Waals surface area contributed by atoms with Crippen LogP contribution in [-0.4, -0.2) is 33.2 Å². The SMILES string of the molecule is CCOc1c(OC)cc(/C=C2\CCOc3c(C)cccc3C2=O)cc1OC. The zero-order valence-electron chi connectivity index (χ0n) is 16.1. The number of ether oxygens (including phenoxy) is 4. The second-order valence-corrected chi connectivity index (χ2v) is 6.24. The highest BCUT2D eigenvalue weighted by molar-refractivity contribution is 6.13. The van der Waals surface area contributed by atoms with E-state index in [1.807, 2.05) is 50.3 Å². The van der Waals surface area contributed by atoms with Crippen LogP contribution in [0.5, 0.6) is 23.0 Å². The van der Waals surface area contributed by atoms with Crippen molar-refractivity contribution in [2.45, 2.75) is 20.3 Å². The Bertz CT molecular complexity index is 857.